The minimum atomic E-state index is -0.451. The third-order valence-electron chi connectivity index (χ3n) is 3.46. The summed E-state index contributed by atoms with van der Waals surface area (Å²) in [5.74, 6) is -1.12. The molecule has 0 bridgehead atoms. The second kappa shape index (κ2) is 9.17. The normalized spacial score (nSPS) is 10.6. The van der Waals surface area contributed by atoms with Crippen molar-refractivity contribution in [1.29, 1.82) is 0 Å². The molecule has 2 rings (SSSR count). The molecule has 0 aliphatic rings. The number of carbonyl (C=O) groups excluding carboxylic acids is 3. The number of rotatable bonds is 5. The molecule has 3 amide bonds. The molecule has 0 unspecified atom stereocenters. The van der Waals surface area contributed by atoms with Gasteiger partial charge >= 0.3 is 0 Å². The van der Waals surface area contributed by atoms with Gasteiger partial charge in [-0.2, -0.15) is 0 Å². The fourth-order valence-corrected chi connectivity index (χ4v) is 1.96. The Balaban J connectivity index is 1.84. The summed E-state index contributed by atoms with van der Waals surface area (Å²) >= 11 is 0. The summed E-state index contributed by atoms with van der Waals surface area (Å²) in [6.45, 7) is 3.60. The van der Waals surface area contributed by atoms with Crippen molar-refractivity contribution in [1.82, 2.24) is 10.9 Å². The van der Waals surface area contributed by atoms with Gasteiger partial charge in [0.05, 0.1) is 0 Å². The molecule has 26 heavy (non-hydrogen) atoms. The highest BCUT2D eigenvalue weighted by Crippen LogP contribution is 2.11. The number of benzene rings is 2. The predicted molar refractivity (Wildman–Crippen MR) is 101 cm³/mol. The first kappa shape index (κ1) is 18.9. The lowest BCUT2D eigenvalue weighted by molar-refractivity contribution is -0.119. The molecule has 0 atom stereocenters. The van der Waals surface area contributed by atoms with Gasteiger partial charge in [-0.25, -0.2) is 0 Å². The first-order valence-corrected chi connectivity index (χ1v) is 8.20. The van der Waals surface area contributed by atoms with Crippen molar-refractivity contribution in [2.75, 3.05) is 5.32 Å². The smallest absolute Gasteiger partial charge is 0.269 e. The number of nitrogens with one attached hydrogen (secondary N) is 3. The topological polar surface area (TPSA) is 87.3 Å². The quantitative estimate of drug-likeness (QED) is 0.572. The zero-order chi connectivity index (χ0) is 18.9. The molecule has 2 aromatic carbocycles. The van der Waals surface area contributed by atoms with E-state index in [0.29, 0.717) is 11.3 Å². The molecule has 0 aromatic heterocycles. The molecule has 0 spiro atoms. The van der Waals surface area contributed by atoms with E-state index in [0.717, 1.165) is 5.56 Å². The van der Waals surface area contributed by atoms with Crippen molar-refractivity contribution in [2.24, 2.45) is 5.92 Å². The van der Waals surface area contributed by atoms with Gasteiger partial charge in [-0.1, -0.05) is 44.2 Å². The summed E-state index contributed by atoms with van der Waals surface area (Å²) in [4.78, 5) is 35.4. The molecule has 0 heterocycles. The summed E-state index contributed by atoms with van der Waals surface area (Å²) < 4.78 is 0. The van der Waals surface area contributed by atoms with E-state index in [1.165, 1.54) is 6.08 Å². The maximum absolute atomic E-state index is 12.0. The molecular formula is C20H21N3O3. The zero-order valence-electron chi connectivity index (χ0n) is 14.7. The Kier molecular flexibility index (Phi) is 6.68. The van der Waals surface area contributed by atoms with Crippen LogP contribution < -0.4 is 16.2 Å². The molecule has 6 nitrogen and oxygen atoms in total. The van der Waals surface area contributed by atoms with E-state index < -0.39 is 11.8 Å². The molecule has 0 saturated heterocycles. The Hall–Kier alpha value is -3.41. The van der Waals surface area contributed by atoms with Crippen LogP contribution in [0, 0.1) is 5.92 Å². The fourth-order valence-electron chi connectivity index (χ4n) is 1.96. The summed E-state index contributed by atoms with van der Waals surface area (Å²) in [6, 6.07) is 15.7. The number of anilines is 1. The summed E-state index contributed by atoms with van der Waals surface area (Å²) in [6.07, 6.45) is 2.98. The van der Waals surface area contributed by atoms with Crippen LogP contribution in [-0.2, 0) is 9.59 Å². The largest absolute Gasteiger partial charge is 0.326 e. The Bertz CT molecular complexity index is 797. The van der Waals surface area contributed by atoms with Crippen LogP contribution in [0.25, 0.3) is 6.08 Å². The minimum absolute atomic E-state index is 0.0975. The third kappa shape index (κ3) is 5.90. The van der Waals surface area contributed by atoms with Crippen LogP contribution in [0.2, 0.25) is 0 Å². The van der Waals surface area contributed by atoms with Crippen molar-refractivity contribution >= 4 is 29.5 Å². The van der Waals surface area contributed by atoms with Gasteiger partial charge in [-0.3, -0.25) is 25.2 Å². The van der Waals surface area contributed by atoms with E-state index >= 15 is 0 Å². The van der Waals surface area contributed by atoms with Crippen LogP contribution in [0.15, 0.2) is 60.7 Å². The van der Waals surface area contributed by atoms with Crippen LogP contribution in [0.4, 0.5) is 5.69 Å². The van der Waals surface area contributed by atoms with E-state index in [4.69, 9.17) is 0 Å². The minimum Gasteiger partial charge on any atom is -0.326 e. The average Bonchev–Trinajstić information content (AvgIpc) is 2.65. The molecule has 6 heteroatoms. The van der Waals surface area contributed by atoms with Crippen molar-refractivity contribution in [3.63, 3.8) is 0 Å². The van der Waals surface area contributed by atoms with Gasteiger partial charge < -0.3 is 5.32 Å². The Labute approximate surface area is 152 Å². The monoisotopic (exact) mass is 351 g/mol. The number of hydrazine groups is 1. The van der Waals surface area contributed by atoms with Gasteiger partial charge in [0, 0.05) is 23.2 Å². The van der Waals surface area contributed by atoms with Crippen molar-refractivity contribution in [3.05, 3.63) is 71.8 Å². The van der Waals surface area contributed by atoms with Crippen molar-refractivity contribution in [3.8, 4) is 0 Å². The van der Waals surface area contributed by atoms with Gasteiger partial charge in [0.2, 0.25) is 5.91 Å². The summed E-state index contributed by atoms with van der Waals surface area (Å²) in [5, 5.41) is 2.74. The third-order valence-corrected chi connectivity index (χ3v) is 3.46. The van der Waals surface area contributed by atoms with Crippen LogP contribution in [-0.4, -0.2) is 17.7 Å². The SMILES string of the molecule is CC(C)C(=O)Nc1ccc(C(=O)NNC(=O)/C=C/c2ccccc2)cc1. The number of hydrogen-bond acceptors (Lipinski definition) is 3. The fraction of sp³-hybridized carbons (Fsp3) is 0.150. The number of hydrogen-bond donors (Lipinski definition) is 3. The molecule has 134 valence electrons. The Morgan fingerprint density at radius 2 is 1.54 bits per heavy atom. The van der Waals surface area contributed by atoms with E-state index in [2.05, 4.69) is 16.2 Å². The summed E-state index contributed by atoms with van der Waals surface area (Å²) in [5.41, 5.74) is 6.50. The van der Waals surface area contributed by atoms with Crippen LogP contribution in [0.1, 0.15) is 29.8 Å². The molecule has 3 N–H and O–H groups in total. The molecule has 0 saturated carbocycles. The second-order valence-corrected chi connectivity index (χ2v) is 5.91. The molecule has 0 aliphatic heterocycles. The predicted octanol–water partition coefficient (Wildman–Crippen LogP) is 2.76. The van der Waals surface area contributed by atoms with Gasteiger partial charge in [0.25, 0.3) is 11.8 Å². The Morgan fingerprint density at radius 3 is 2.15 bits per heavy atom. The van der Waals surface area contributed by atoms with Gasteiger partial charge in [0.15, 0.2) is 0 Å². The van der Waals surface area contributed by atoms with E-state index in [9.17, 15) is 14.4 Å². The molecule has 0 aliphatic carbocycles. The van der Waals surface area contributed by atoms with Crippen LogP contribution in [0.3, 0.4) is 0 Å². The van der Waals surface area contributed by atoms with Gasteiger partial charge in [-0.15, -0.1) is 0 Å². The highest BCUT2D eigenvalue weighted by molar-refractivity contribution is 5.98. The lowest BCUT2D eigenvalue weighted by Crippen LogP contribution is -2.40. The Morgan fingerprint density at radius 1 is 0.885 bits per heavy atom. The highest BCUT2D eigenvalue weighted by Gasteiger charge is 2.09. The van der Waals surface area contributed by atoms with Gasteiger partial charge in [0.1, 0.15) is 0 Å². The van der Waals surface area contributed by atoms with E-state index in [1.54, 1.807) is 44.2 Å². The average molecular weight is 351 g/mol. The van der Waals surface area contributed by atoms with E-state index in [-0.39, 0.29) is 11.8 Å². The maximum Gasteiger partial charge on any atom is 0.269 e. The van der Waals surface area contributed by atoms with Crippen molar-refractivity contribution < 1.29 is 14.4 Å². The van der Waals surface area contributed by atoms with Crippen LogP contribution in [0.5, 0.6) is 0 Å². The first-order chi connectivity index (χ1) is 12.5. The maximum atomic E-state index is 12.0. The lowest BCUT2D eigenvalue weighted by atomic mass is 10.1. The zero-order valence-corrected chi connectivity index (χ0v) is 14.7. The second-order valence-electron chi connectivity index (χ2n) is 5.91. The highest BCUT2D eigenvalue weighted by atomic mass is 16.2. The van der Waals surface area contributed by atoms with Crippen molar-refractivity contribution in [2.45, 2.75) is 13.8 Å². The van der Waals surface area contributed by atoms with Crippen LogP contribution >= 0.6 is 0 Å². The lowest BCUT2D eigenvalue weighted by Gasteiger charge is -2.09. The first-order valence-electron chi connectivity index (χ1n) is 8.20. The standard InChI is InChI=1S/C20H21N3O3/c1-14(2)19(25)21-17-11-9-16(10-12-17)20(26)23-22-18(24)13-8-15-6-4-3-5-7-15/h3-14H,1-2H3,(H,21,25)(H,22,24)(H,23,26)/b13-8+. The number of amides is 3. The number of carbonyl (C=O) groups is 3. The summed E-state index contributed by atoms with van der Waals surface area (Å²) in [7, 11) is 0. The van der Waals surface area contributed by atoms with Gasteiger partial charge in [-0.05, 0) is 35.9 Å². The van der Waals surface area contributed by atoms with E-state index in [1.807, 2.05) is 30.3 Å². The molecule has 2 aromatic rings. The molecule has 0 radical (unpaired) electrons. The molecular weight excluding hydrogens is 330 g/mol. The molecule has 0 fully saturated rings.